The first-order valence-electron chi connectivity index (χ1n) is 9.40. The molecule has 0 radical (unpaired) electrons. The standard InChI is InChI=1S/C20H22N6O2/c1-14-12-18(23-22-14)20(28)25-10-6-15(7-11-25)13-26-19(27)3-2-17(24-26)16-4-8-21-9-5-16/h2-5,8-9,12,15H,6-7,10-11,13H2,1H3,(H,22,23). The van der Waals surface area contributed by atoms with Crippen molar-refractivity contribution in [3.8, 4) is 11.3 Å². The van der Waals surface area contributed by atoms with Crippen molar-refractivity contribution in [3.63, 3.8) is 0 Å². The van der Waals surface area contributed by atoms with Crippen molar-refractivity contribution < 1.29 is 4.79 Å². The van der Waals surface area contributed by atoms with Crippen LogP contribution in [0.5, 0.6) is 0 Å². The van der Waals surface area contributed by atoms with Gasteiger partial charge in [-0.15, -0.1) is 0 Å². The van der Waals surface area contributed by atoms with Crippen molar-refractivity contribution in [2.45, 2.75) is 26.3 Å². The van der Waals surface area contributed by atoms with E-state index in [2.05, 4.69) is 20.3 Å². The molecule has 8 heteroatoms. The number of carbonyl (C=O) groups excluding carboxylic acids is 1. The Kier molecular flexibility index (Phi) is 5.01. The molecule has 1 N–H and O–H groups in total. The maximum atomic E-state index is 12.5. The molecule has 1 amide bonds. The number of nitrogens with zero attached hydrogens (tertiary/aromatic N) is 5. The third kappa shape index (κ3) is 3.85. The van der Waals surface area contributed by atoms with Crippen molar-refractivity contribution in [3.05, 3.63) is 64.5 Å². The van der Waals surface area contributed by atoms with Gasteiger partial charge in [0.05, 0.1) is 5.69 Å². The Labute approximate surface area is 162 Å². The summed E-state index contributed by atoms with van der Waals surface area (Å²) in [6, 6.07) is 8.81. The number of hydrogen-bond acceptors (Lipinski definition) is 5. The lowest BCUT2D eigenvalue weighted by Gasteiger charge is -2.31. The van der Waals surface area contributed by atoms with Crippen LogP contribution in [0.15, 0.2) is 47.5 Å². The minimum Gasteiger partial charge on any atom is -0.337 e. The normalized spacial score (nSPS) is 15.0. The summed E-state index contributed by atoms with van der Waals surface area (Å²) in [4.78, 5) is 30.6. The van der Waals surface area contributed by atoms with Gasteiger partial charge in [0.25, 0.3) is 11.5 Å². The Balaban J connectivity index is 1.41. The molecule has 3 aromatic heterocycles. The monoisotopic (exact) mass is 378 g/mol. The predicted octanol–water partition coefficient (Wildman–Crippen LogP) is 1.89. The molecule has 1 saturated heterocycles. The van der Waals surface area contributed by atoms with E-state index in [0.29, 0.717) is 31.2 Å². The Bertz CT molecular complexity index is 1020. The van der Waals surface area contributed by atoms with Gasteiger partial charge in [-0.25, -0.2) is 4.68 Å². The van der Waals surface area contributed by atoms with Crippen LogP contribution in [0.2, 0.25) is 0 Å². The highest BCUT2D eigenvalue weighted by Gasteiger charge is 2.25. The van der Waals surface area contributed by atoms with E-state index in [4.69, 9.17) is 0 Å². The molecule has 0 aromatic carbocycles. The topological polar surface area (TPSA) is 96.8 Å². The Hall–Kier alpha value is -3.29. The number of H-pyrrole nitrogens is 1. The number of pyridine rings is 1. The van der Waals surface area contributed by atoms with Crippen molar-refractivity contribution in [1.82, 2.24) is 29.9 Å². The van der Waals surface area contributed by atoms with Crippen molar-refractivity contribution >= 4 is 5.91 Å². The van der Waals surface area contributed by atoms with E-state index >= 15 is 0 Å². The number of hydrogen-bond donors (Lipinski definition) is 1. The third-order valence-electron chi connectivity index (χ3n) is 5.10. The van der Waals surface area contributed by atoms with Crippen LogP contribution in [0.3, 0.4) is 0 Å². The molecule has 0 bridgehead atoms. The average Bonchev–Trinajstić information content (AvgIpc) is 3.17. The minimum atomic E-state index is -0.108. The number of likely N-dealkylation sites (tertiary alicyclic amines) is 1. The zero-order valence-corrected chi connectivity index (χ0v) is 15.7. The molecule has 8 nitrogen and oxygen atoms in total. The van der Waals surface area contributed by atoms with Gasteiger partial charge in [-0.3, -0.25) is 19.7 Å². The molecule has 0 unspecified atom stereocenters. The van der Waals surface area contributed by atoms with Crippen LogP contribution in [-0.2, 0) is 6.54 Å². The number of piperidine rings is 1. The molecule has 4 rings (SSSR count). The zero-order chi connectivity index (χ0) is 19.5. The van der Waals surface area contributed by atoms with Crippen LogP contribution in [0.1, 0.15) is 29.0 Å². The number of nitrogens with one attached hydrogen (secondary N) is 1. The fourth-order valence-electron chi connectivity index (χ4n) is 3.51. The number of aromatic nitrogens is 5. The summed E-state index contributed by atoms with van der Waals surface area (Å²) >= 11 is 0. The maximum absolute atomic E-state index is 12.5. The van der Waals surface area contributed by atoms with Gasteiger partial charge < -0.3 is 4.90 Å². The highest BCUT2D eigenvalue weighted by molar-refractivity contribution is 5.92. The van der Waals surface area contributed by atoms with Gasteiger partial charge in [-0.2, -0.15) is 10.2 Å². The van der Waals surface area contributed by atoms with Crippen molar-refractivity contribution in [2.75, 3.05) is 13.1 Å². The van der Waals surface area contributed by atoms with Gasteiger partial charge in [0, 0.05) is 49.4 Å². The molecule has 0 aliphatic carbocycles. The second kappa shape index (κ2) is 7.75. The molecule has 28 heavy (non-hydrogen) atoms. The summed E-state index contributed by atoms with van der Waals surface area (Å²) in [5.41, 5.74) is 2.90. The summed E-state index contributed by atoms with van der Waals surface area (Å²) < 4.78 is 1.54. The molecular formula is C20H22N6O2. The average molecular weight is 378 g/mol. The molecule has 1 aliphatic rings. The van der Waals surface area contributed by atoms with Gasteiger partial charge in [-0.05, 0) is 49.9 Å². The van der Waals surface area contributed by atoms with E-state index in [-0.39, 0.29) is 11.5 Å². The fourth-order valence-corrected chi connectivity index (χ4v) is 3.51. The smallest absolute Gasteiger partial charge is 0.274 e. The molecule has 144 valence electrons. The third-order valence-corrected chi connectivity index (χ3v) is 5.10. The quantitative estimate of drug-likeness (QED) is 0.748. The molecule has 1 aliphatic heterocycles. The first-order chi connectivity index (χ1) is 13.6. The molecule has 0 spiro atoms. The number of rotatable bonds is 4. The lowest BCUT2D eigenvalue weighted by molar-refractivity contribution is 0.0674. The van der Waals surface area contributed by atoms with Gasteiger partial charge >= 0.3 is 0 Å². The van der Waals surface area contributed by atoms with Gasteiger partial charge in [0.2, 0.25) is 0 Å². The van der Waals surface area contributed by atoms with Gasteiger partial charge in [0.15, 0.2) is 0 Å². The highest BCUT2D eigenvalue weighted by Crippen LogP contribution is 2.20. The van der Waals surface area contributed by atoms with Crippen LogP contribution < -0.4 is 5.56 Å². The number of amides is 1. The van der Waals surface area contributed by atoms with E-state index in [0.717, 1.165) is 29.8 Å². The van der Waals surface area contributed by atoms with E-state index in [1.807, 2.05) is 24.0 Å². The van der Waals surface area contributed by atoms with E-state index in [9.17, 15) is 9.59 Å². The Morgan fingerprint density at radius 3 is 2.61 bits per heavy atom. The lowest BCUT2D eigenvalue weighted by atomic mass is 9.96. The van der Waals surface area contributed by atoms with E-state index in [1.54, 1.807) is 30.6 Å². The molecule has 1 fully saturated rings. The number of aromatic amines is 1. The zero-order valence-electron chi connectivity index (χ0n) is 15.7. The molecular weight excluding hydrogens is 356 g/mol. The van der Waals surface area contributed by atoms with Crippen LogP contribution in [0.25, 0.3) is 11.3 Å². The summed E-state index contributed by atoms with van der Waals surface area (Å²) in [5, 5.41) is 11.4. The fraction of sp³-hybridized carbons (Fsp3) is 0.350. The largest absolute Gasteiger partial charge is 0.337 e. The second-order valence-electron chi connectivity index (χ2n) is 7.15. The first-order valence-corrected chi connectivity index (χ1v) is 9.40. The van der Waals surface area contributed by atoms with Crippen molar-refractivity contribution in [1.29, 1.82) is 0 Å². The summed E-state index contributed by atoms with van der Waals surface area (Å²) in [6.07, 6.45) is 5.09. The maximum Gasteiger partial charge on any atom is 0.274 e. The number of aryl methyl sites for hydroxylation is 1. The van der Waals surface area contributed by atoms with E-state index in [1.165, 1.54) is 4.68 Å². The van der Waals surface area contributed by atoms with Crippen LogP contribution in [0, 0.1) is 12.8 Å². The Morgan fingerprint density at radius 1 is 1.18 bits per heavy atom. The molecule has 4 heterocycles. The van der Waals surface area contributed by atoms with Crippen LogP contribution in [0.4, 0.5) is 0 Å². The predicted molar refractivity (Wildman–Crippen MR) is 104 cm³/mol. The minimum absolute atomic E-state index is 0.0437. The number of carbonyl (C=O) groups is 1. The first kappa shape index (κ1) is 18.1. The van der Waals surface area contributed by atoms with Crippen molar-refractivity contribution in [2.24, 2.45) is 5.92 Å². The van der Waals surface area contributed by atoms with Gasteiger partial charge in [-0.1, -0.05) is 0 Å². The molecule has 3 aromatic rings. The summed E-state index contributed by atoms with van der Waals surface area (Å²) in [7, 11) is 0. The second-order valence-corrected chi connectivity index (χ2v) is 7.15. The van der Waals surface area contributed by atoms with Crippen LogP contribution in [-0.4, -0.2) is 48.9 Å². The van der Waals surface area contributed by atoms with Crippen LogP contribution >= 0.6 is 0 Å². The van der Waals surface area contributed by atoms with E-state index < -0.39 is 0 Å². The molecule has 0 saturated carbocycles. The molecule has 0 atom stereocenters. The summed E-state index contributed by atoms with van der Waals surface area (Å²) in [5.74, 6) is 0.264. The lowest BCUT2D eigenvalue weighted by Crippen LogP contribution is -2.40. The summed E-state index contributed by atoms with van der Waals surface area (Å²) in [6.45, 7) is 3.75. The highest BCUT2D eigenvalue weighted by atomic mass is 16.2. The SMILES string of the molecule is Cc1cc(C(=O)N2CCC(Cn3nc(-c4ccncc4)ccc3=O)CC2)n[nH]1. The Morgan fingerprint density at radius 2 is 1.93 bits per heavy atom. The van der Waals surface area contributed by atoms with Gasteiger partial charge in [0.1, 0.15) is 5.69 Å².